The number of benzene rings is 1. The van der Waals surface area contributed by atoms with E-state index >= 15 is 0 Å². The maximum Gasteiger partial charge on any atom is 0.236 e. The summed E-state index contributed by atoms with van der Waals surface area (Å²) in [4.78, 5) is 15.1. The highest BCUT2D eigenvalue weighted by molar-refractivity contribution is 6.06. The van der Waals surface area contributed by atoms with Gasteiger partial charge in [0.1, 0.15) is 0 Å². The minimum atomic E-state index is -0.273. The Morgan fingerprint density at radius 3 is 2.84 bits per heavy atom. The third-order valence-corrected chi connectivity index (χ3v) is 5.24. The molecule has 19 heavy (non-hydrogen) atoms. The molecule has 3 heteroatoms. The average Bonchev–Trinajstić information content (AvgIpc) is 2.61. The van der Waals surface area contributed by atoms with Crippen LogP contribution in [0.25, 0.3) is 0 Å². The molecule has 2 heterocycles. The number of likely N-dealkylation sites (tertiary alicyclic amines) is 1. The van der Waals surface area contributed by atoms with Crippen molar-refractivity contribution in [1.29, 1.82) is 0 Å². The molecule has 1 amide bonds. The SMILES string of the molecule is O=C1Nc2ccccc2C12CCCN(C1CCC1)C2. The average molecular weight is 256 g/mol. The Bertz CT molecular complexity index is 523. The first kappa shape index (κ1) is 11.5. The topological polar surface area (TPSA) is 32.3 Å². The number of hydrogen-bond acceptors (Lipinski definition) is 2. The lowest BCUT2D eigenvalue weighted by Gasteiger charge is -2.45. The molecule has 1 aromatic rings. The normalized spacial score (nSPS) is 31.1. The minimum absolute atomic E-state index is 0.220. The van der Waals surface area contributed by atoms with Gasteiger partial charge in [0.2, 0.25) is 5.91 Å². The van der Waals surface area contributed by atoms with Crippen LogP contribution in [-0.4, -0.2) is 29.9 Å². The number of fused-ring (bicyclic) bond motifs is 2. The predicted molar refractivity (Wildman–Crippen MR) is 75.2 cm³/mol. The van der Waals surface area contributed by atoms with Gasteiger partial charge in [0, 0.05) is 18.3 Å². The van der Waals surface area contributed by atoms with Gasteiger partial charge in [0.15, 0.2) is 0 Å². The molecule has 2 aliphatic heterocycles. The van der Waals surface area contributed by atoms with Gasteiger partial charge in [-0.25, -0.2) is 0 Å². The summed E-state index contributed by atoms with van der Waals surface area (Å²) < 4.78 is 0. The van der Waals surface area contributed by atoms with Gasteiger partial charge in [-0.2, -0.15) is 0 Å². The highest BCUT2D eigenvalue weighted by Crippen LogP contribution is 2.45. The number of carbonyl (C=O) groups is 1. The molecule has 1 spiro atoms. The van der Waals surface area contributed by atoms with E-state index in [1.807, 2.05) is 12.1 Å². The Hall–Kier alpha value is -1.35. The summed E-state index contributed by atoms with van der Waals surface area (Å²) in [5.41, 5.74) is 1.98. The summed E-state index contributed by atoms with van der Waals surface area (Å²) in [6.07, 6.45) is 6.13. The van der Waals surface area contributed by atoms with Crippen LogP contribution in [0.4, 0.5) is 5.69 Å². The van der Waals surface area contributed by atoms with E-state index in [2.05, 4.69) is 22.3 Å². The minimum Gasteiger partial charge on any atom is -0.325 e. The highest BCUT2D eigenvalue weighted by atomic mass is 16.2. The van der Waals surface area contributed by atoms with Crippen LogP contribution in [0.2, 0.25) is 0 Å². The van der Waals surface area contributed by atoms with Crippen LogP contribution in [0, 0.1) is 0 Å². The van der Waals surface area contributed by atoms with E-state index in [9.17, 15) is 4.79 Å². The van der Waals surface area contributed by atoms with Crippen LogP contribution < -0.4 is 5.32 Å². The van der Waals surface area contributed by atoms with Gasteiger partial charge in [0.05, 0.1) is 5.41 Å². The van der Waals surface area contributed by atoms with Crippen LogP contribution in [0.5, 0.6) is 0 Å². The maximum atomic E-state index is 12.5. The Labute approximate surface area is 114 Å². The first-order valence-electron chi connectivity index (χ1n) is 7.45. The van der Waals surface area contributed by atoms with Crippen molar-refractivity contribution in [3.05, 3.63) is 29.8 Å². The second-order valence-corrected chi connectivity index (χ2v) is 6.24. The summed E-state index contributed by atoms with van der Waals surface area (Å²) in [6.45, 7) is 2.09. The summed E-state index contributed by atoms with van der Waals surface area (Å²) in [6, 6.07) is 8.97. The predicted octanol–water partition coefficient (Wildman–Crippen LogP) is 2.52. The fourth-order valence-electron chi connectivity index (χ4n) is 3.93. The molecular weight excluding hydrogens is 236 g/mol. The van der Waals surface area contributed by atoms with Gasteiger partial charge in [-0.1, -0.05) is 24.6 Å². The molecule has 1 saturated carbocycles. The molecule has 1 N–H and O–H groups in total. The molecule has 0 bridgehead atoms. The molecule has 1 aliphatic carbocycles. The molecule has 1 atom stereocenters. The van der Waals surface area contributed by atoms with E-state index in [-0.39, 0.29) is 11.3 Å². The van der Waals surface area contributed by atoms with Crippen LogP contribution in [-0.2, 0) is 10.2 Å². The second-order valence-electron chi connectivity index (χ2n) is 6.24. The zero-order chi connectivity index (χ0) is 12.9. The summed E-state index contributed by atoms with van der Waals surface area (Å²) in [5, 5.41) is 3.09. The lowest BCUT2D eigenvalue weighted by molar-refractivity contribution is -0.123. The number of para-hydroxylation sites is 1. The second kappa shape index (κ2) is 4.07. The molecule has 1 aromatic carbocycles. The van der Waals surface area contributed by atoms with Gasteiger partial charge in [-0.3, -0.25) is 9.69 Å². The van der Waals surface area contributed by atoms with Crippen molar-refractivity contribution in [2.45, 2.75) is 43.6 Å². The third-order valence-electron chi connectivity index (χ3n) is 5.24. The van der Waals surface area contributed by atoms with E-state index < -0.39 is 0 Å². The van der Waals surface area contributed by atoms with Crippen LogP contribution in [0.3, 0.4) is 0 Å². The number of nitrogens with one attached hydrogen (secondary N) is 1. The Balaban J connectivity index is 1.70. The van der Waals surface area contributed by atoms with Gasteiger partial charge in [-0.05, 0) is 43.9 Å². The molecule has 3 aliphatic rings. The van der Waals surface area contributed by atoms with E-state index in [0.29, 0.717) is 0 Å². The number of hydrogen-bond donors (Lipinski definition) is 1. The first-order valence-corrected chi connectivity index (χ1v) is 7.45. The number of nitrogens with zero attached hydrogens (tertiary/aromatic N) is 1. The van der Waals surface area contributed by atoms with Crippen molar-refractivity contribution in [3.8, 4) is 0 Å². The molecule has 3 nitrogen and oxygen atoms in total. The monoisotopic (exact) mass is 256 g/mol. The van der Waals surface area contributed by atoms with Crippen molar-refractivity contribution >= 4 is 11.6 Å². The number of rotatable bonds is 1. The number of amides is 1. The van der Waals surface area contributed by atoms with Crippen molar-refractivity contribution in [3.63, 3.8) is 0 Å². The molecule has 1 saturated heterocycles. The van der Waals surface area contributed by atoms with Crippen molar-refractivity contribution in [2.75, 3.05) is 18.4 Å². The molecule has 0 radical (unpaired) electrons. The quantitative estimate of drug-likeness (QED) is 0.837. The zero-order valence-corrected chi connectivity index (χ0v) is 11.2. The van der Waals surface area contributed by atoms with E-state index in [1.165, 1.54) is 31.4 Å². The Kier molecular flexibility index (Phi) is 2.46. The molecule has 2 fully saturated rings. The summed E-state index contributed by atoms with van der Waals surface area (Å²) in [5.74, 6) is 0.220. The van der Waals surface area contributed by atoms with Crippen LogP contribution >= 0.6 is 0 Å². The lowest BCUT2D eigenvalue weighted by atomic mass is 9.73. The molecule has 100 valence electrons. The zero-order valence-electron chi connectivity index (χ0n) is 11.2. The fraction of sp³-hybridized carbons (Fsp3) is 0.562. The van der Waals surface area contributed by atoms with Crippen LogP contribution in [0.15, 0.2) is 24.3 Å². The smallest absolute Gasteiger partial charge is 0.236 e. The van der Waals surface area contributed by atoms with Crippen LogP contribution in [0.1, 0.15) is 37.7 Å². The molecular formula is C16H20N2O. The number of piperidine rings is 1. The van der Waals surface area contributed by atoms with Gasteiger partial charge < -0.3 is 5.32 Å². The number of anilines is 1. The summed E-state index contributed by atoms with van der Waals surface area (Å²) in [7, 11) is 0. The van der Waals surface area contributed by atoms with Gasteiger partial charge >= 0.3 is 0 Å². The fourth-order valence-corrected chi connectivity index (χ4v) is 3.93. The molecule has 1 unspecified atom stereocenters. The largest absolute Gasteiger partial charge is 0.325 e. The molecule has 4 rings (SSSR count). The van der Waals surface area contributed by atoms with Crippen molar-refractivity contribution in [2.24, 2.45) is 0 Å². The van der Waals surface area contributed by atoms with Gasteiger partial charge in [0.25, 0.3) is 0 Å². The highest BCUT2D eigenvalue weighted by Gasteiger charge is 2.50. The van der Waals surface area contributed by atoms with Crippen molar-refractivity contribution < 1.29 is 4.79 Å². The molecule has 0 aromatic heterocycles. The van der Waals surface area contributed by atoms with E-state index in [4.69, 9.17) is 0 Å². The number of carbonyl (C=O) groups excluding carboxylic acids is 1. The third kappa shape index (κ3) is 1.57. The Morgan fingerprint density at radius 1 is 1.21 bits per heavy atom. The maximum absolute atomic E-state index is 12.5. The summed E-state index contributed by atoms with van der Waals surface area (Å²) >= 11 is 0. The Morgan fingerprint density at radius 2 is 2.05 bits per heavy atom. The van der Waals surface area contributed by atoms with Crippen molar-refractivity contribution in [1.82, 2.24) is 4.90 Å². The standard InChI is InChI=1S/C16H20N2O/c19-15-16(13-7-1-2-8-14(13)17-15)9-4-10-18(11-16)12-5-3-6-12/h1-2,7-8,12H,3-6,9-11H2,(H,17,19). The first-order chi connectivity index (χ1) is 9.29. The van der Waals surface area contributed by atoms with E-state index in [0.717, 1.165) is 31.1 Å². The lowest BCUT2D eigenvalue weighted by Crippen LogP contribution is -2.54. The van der Waals surface area contributed by atoms with Gasteiger partial charge in [-0.15, -0.1) is 0 Å². The van der Waals surface area contributed by atoms with E-state index in [1.54, 1.807) is 0 Å².